The van der Waals surface area contributed by atoms with Gasteiger partial charge in [-0.2, -0.15) is 5.10 Å². The molecule has 3 aromatic rings. The molecule has 0 radical (unpaired) electrons. The SMILES string of the molecule is CC(=O)Cc1ccc(Sc2nc(Nc3cc(C)[nH]n3)c(C)c(N3CCN(C(C)C)CC3)n2)cc1. The van der Waals surface area contributed by atoms with Gasteiger partial charge in [0.2, 0.25) is 0 Å². The predicted molar refractivity (Wildman–Crippen MR) is 137 cm³/mol. The largest absolute Gasteiger partial charge is 0.354 e. The van der Waals surface area contributed by atoms with Crippen molar-refractivity contribution in [1.29, 1.82) is 0 Å². The molecule has 1 saturated heterocycles. The summed E-state index contributed by atoms with van der Waals surface area (Å²) in [5, 5.41) is 11.3. The maximum absolute atomic E-state index is 11.4. The van der Waals surface area contributed by atoms with E-state index in [2.05, 4.69) is 46.1 Å². The molecule has 0 aliphatic carbocycles. The van der Waals surface area contributed by atoms with Crippen molar-refractivity contribution < 1.29 is 4.79 Å². The summed E-state index contributed by atoms with van der Waals surface area (Å²) in [7, 11) is 0. The van der Waals surface area contributed by atoms with Crippen molar-refractivity contribution in [3.05, 3.63) is 47.2 Å². The summed E-state index contributed by atoms with van der Waals surface area (Å²) in [6.45, 7) is 14.0. The number of hydrogen-bond donors (Lipinski definition) is 2. The Kier molecular flexibility index (Phi) is 7.53. The molecule has 4 rings (SSSR count). The summed E-state index contributed by atoms with van der Waals surface area (Å²) >= 11 is 1.52. The molecular weight excluding hydrogens is 446 g/mol. The van der Waals surface area contributed by atoms with Crippen LogP contribution in [0, 0.1) is 13.8 Å². The molecular formula is C25H33N7OS. The van der Waals surface area contributed by atoms with Crippen LogP contribution in [0.2, 0.25) is 0 Å². The van der Waals surface area contributed by atoms with E-state index in [0.717, 1.165) is 65.3 Å². The summed E-state index contributed by atoms with van der Waals surface area (Å²) in [4.78, 5) is 27.1. The Morgan fingerprint density at radius 3 is 2.41 bits per heavy atom. The number of Topliss-reactive ketones (excluding diaryl/α,β-unsaturated/α-hetero) is 1. The van der Waals surface area contributed by atoms with Crippen LogP contribution in [-0.2, 0) is 11.2 Å². The lowest BCUT2D eigenvalue weighted by Gasteiger charge is -2.38. The molecule has 1 aliphatic heterocycles. The number of nitrogens with one attached hydrogen (secondary N) is 2. The number of nitrogens with zero attached hydrogens (tertiary/aromatic N) is 5. The number of ketones is 1. The quantitative estimate of drug-likeness (QED) is 0.460. The highest BCUT2D eigenvalue weighted by molar-refractivity contribution is 7.99. The highest BCUT2D eigenvalue weighted by Gasteiger charge is 2.23. The first-order chi connectivity index (χ1) is 16.3. The van der Waals surface area contributed by atoms with E-state index in [1.807, 2.05) is 37.3 Å². The molecule has 0 atom stereocenters. The Morgan fingerprint density at radius 2 is 1.82 bits per heavy atom. The molecule has 8 nitrogen and oxygen atoms in total. The van der Waals surface area contributed by atoms with Crippen LogP contribution < -0.4 is 10.2 Å². The first-order valence-electron chi connectivity index (χ1n) is 11.7. The van der Waals surface area contributed by atoms with E-state index in [1.54, 1.807) is 6.92 Å². The van der Waals surface area contributed by atoms with Gasteiger partial charge in [-0.15, -0.1) is 0 Å². The molecule has 180 valence electrons. The molecule has 1 fully saturated rings. The highest BCUT2D eigenvalue weighted by atomic mass is 32.2. The molecule has 34 heavy (non-hydrogen) atoms. The number of rotatable bonds is 8. The van der Waals surface area contributed by atoms with Crippen molar-refractivity contribution in [3.63, 3.8) is 0 Å². The summed E-state index contributed by atoms with van der Waals surface area (Å²) in [5.41, 5.74) is 3.01. The lowest BCUT2D eigenvalue weighted by molar-refractivity contribution is -0.116. The Balaban J connectivity index is 1.61. The van der Waals surface area contributed by atoms with Crippen molar-refractivity contribution in [1.82, 2.24) is 25.1 Å². The average Bonchev–Trinajstić information content (AvgIpc) is 3.21. The van der Waals surface area contributed by atoms with Crippen LogP contribution in [0.15, 0.2) is 40.4 Å². The van der Waals surface area contributed by atoms with E-state index >= 15 is 0 Å². The van der Waals surface area contributed by atoms with Crippen LogP contribution in [0.4, 0.5) is 17.5 Å². The van der Waals surface area contributed by atoms with Crippen LogP contribution in [-0.4, -0.2) is 63.1 Å². The molecule has 0 unspecified atom stereocenters. The number of carbonyl (C=O) groups excluding carboxylic acids is 1. The second-order valence-electron chi connectivity index (χ2n) is 9.11. The maximum atomic E-state index is 11.4. The van der Waals surface area contributed by atoms with Gasteiger partial charge in [0.05, 0.1) is 0 Å². The molecule has 1 aliphatic rings. The molecule has 9 heteroatoms. The molecule has 3 heterocycles. The van der Waals surface area contributed by atoms with Gasteiger partial charge in [-0.25, -0.2) is 9.97 Å². The van der Waals surface area contributed by atoms with E-state index in [9.17, 15) is 4.79 Å². The second kappa shape index (κ2) is 10.6. The Bertz CT molecular complexity index is 1130. The zero-order valence-corrected chi connectivity index (χ0v) is 21.4. The van der Waals surface area contributed by atoms with E-state index in [4.69, 9.17) is 9.97 Å². The maximum Gasteiger partial charge on any atom is 0.196 e. The van der Waals surface area contributed by atoms with Crippen molar-refractivity contribution in [2.75, 3.05) is 36.4 Å². The third-order valence-corrected chi connectivity index (χ3v) is 6.85. The Morgan fingerprint density at radius 1 is 1.12 bits per heavy atom. The number of carbonyl (C=O) groups is 1. The van der Waals surface area contributed by atoms with Crippen molar-refractivity contribution >= 4 is 35.0 Å². The smallest absolute Gasteiger partial charge is 0.196 e. The van der Waals surface area contributed by atoms with Gasteiger partial charge in [-0.05, 0) is 64.1 Å². The number of aryl methyl sites for hydroxylation is 1. The van der Waals surface area contributed by atoms with E-state index < -0.39 is 0 Å². The van der Waals surface area contributed by atoms with Gasteiger partial charge in [-0.3, -0.25) is 14.8 Å². The first kappa shape index (κ1) is 24.2. The van der Waals surface area contributed by atoms with Crippen LogP contribution in [0.25, 0.3) is 0 Å². The van der Waals surface area contributed by atoms with Crippen molar-refractivity contribution in [3.8, 4) is 0 Å². The minimum atomic E-state index is 0.161. The van der Waals surface area contributed by atoms with Gasteiger partial charge in [0.25, 0.3) is 0 Å². The minimum absolute atomic E-state index is 0.161. The van der Waals surface area contributed by atoms with Crippen LogP contribution >= 0.6 is 11.8 Å². The lowest BCUT2D eigenvalue weighted by atomic mass is 10.1. The number of piperazine rings is 1. The highest BCUT2D eigenvalue weighted by Crippen LogP contribution is 2.33. The van der Waals surface area contributed by atoms with Crippen molar-refractivity contribution in [2.45, 2.75) is 57.1 Å². The average molecular weight is 480 g/mol. The summed E-state index contributed by atoms with van der Waals surface area (Å²) in [6.07, 6.45) is 0.454. The summed E-state index contributed by atoms with van der Waals surface area (Å²) in [6, 6.07) is 10.6. The predicted octanol–water partition coefficient (Wildman–Crippen LogP) is 4.37. The third-order valence-electron chi connectivity index (χ3n) is 5.98. The fourth-order valence-electron chi connectivity index (χ4n) is 4.08. The van der Waals surface area contributed by atoms with Gasteiger partial charge in [0.1, 0.15) is 17.4 Å². The molecule has 2 N–H and O–H groups in total. The number of benzene rings is 1. The normalized spacial score (nSPS) is 14.6. The molecule has 0 saturated carbocycles. The van der Waals surface area contributed by atoms with Gasteiger partial charge >= 0.3 is 0 Å². The van der Waals surface area contributed by atoms with Crippen LogP contribution in [0.1, 0.15) is 37.6 Å². The van der Waals surface area contributed by atoms with E-state index in [0.29, 0.717) is 17.6 Å². The van der Waals surface area contributed by atoms with E-state index in [1.165, 1.54) is 11.8 Å². The molecule has 0 spiro atoms. The van der Waals surface area contributed by atoms with E-state index in [-0.39, 0.29) is 5.78 Å². The number of H-pyrrole nitrogens is 1. The number of aromatic nitrogens is 4. The zero-order valence-electron chi connectivity index (χ0n) is 20.6. The van der Waals surface area contributed by atoms with Gasteiger partial charge in [-0.1, -0.05) is 12.1 Å². The summed E-state index contributed by atoms with van der Waals surface area (Å²) < 4.78 is 0. The molecule has 1 aromatic carbocycles. The topological polar surface area (TPSA) is 90.0 Å². The summed E-state index contributed by atoms with van der Waals surface area (Å²) in [5.74, 6) is 2.62. The molecule has 2 aromatic heterocycles. The monoisotopic (exact) mass is 479 g/mol. The number of hydrogen-bond acceptors (Lipinski definition) is 8. The second-order valence-corrected chi connectivity index (χ2v) is 10.1. The molecule has 0 amide bonds. The standard InChI is InChI=1S/C25H33N7OS/c1-16(2)31-10-12-32(13-11-31)24-19(5)23(26-22-14-17(3)29-30-22)27-25(28-24)34-21-8-6-20(7-9-21)15-18(4)33/h6-9,14,16H,10-13,15H2,1-5H3,(H2,26,27,28,29,30). The Hall–Kier alpha value is -2.91. The Labute approximate surface area is 205 Å². The third kappa shape index (κ3) is 5.95. The fourth-order valence-corrected chi connectivity index (χ4v) is 4.83. The van der Waals surface area contributed by atoms with Crippen LogP contribution in [0.3, 0.4) is 0 Å². The zero-order chi connectivity index (χ0) is 24.2. The van der Waals surface area contributed by atoms with Gasteiger partial charge < -0.3 is 10.2 Å². The first-order valence-corrected chi connectivity index (χ1v) is 12.5. The van der Waals surface area contributed by atoms with Gasteiger partial charge in [0, 0.05) is 60.9 Å². The van der Waals surface area contributed by atoms with Gasteiger partial charge in [0.15, 0.2) is 11.0 Å². The molecule has 0 bridgehead atoms. The number of anilines is 3. The fraction of sp³-hybridized carbons (Fsp3) is 0.440. The minimum Gasteiger partial charge on any atom is -0.354 e. The number of aromatic amines is 1. The van der Waals surface area contributed by atoms with Crippen molar-refractivity contribution in [2.24, 2.45) is 0 Å². The lowest BCUT2D eigenvalue weighted by Crippen LogP contribution is -2.49. The van der Waals surface area contributed by atoms with Crippen LogP contribution in [0.5, 0.6) is 0 Å².